The van der Waals surface area contributed by atoms with E-state index in [0.717, 1.165) is 16.5 Å². The summed E-state index contributed by atoms with van der Waals surface area (Å²) in [5.41, 5.74) is 2.18. The fourth-order valence-corrected chi connectivity index (χ4v) is 2.71. The summed E-state index contributed by atoms with van der Waals surface area (Å²) >= 11 is 0. The van der Waals surface area contributed by atoms with E-state index in [1.807, 2.05) is 37.1 Å². The minimum absolute atomic E-state index is 0.247. The third kappa shape index (κ3) is 4.25. The summed E-state index contributed by atoms with van der Waals surface area (Å²) in [6.45, 7) is 3.49. The number of hydrogen-bond donors (Lipinski definition) is 0. The minimum Gasteiger partial charge on any atom is -0.489 e. The molecule has 0 fully saturated rings. The van der Waals surface area contributed by atoms with E-state index >= 15 is 0 Å². The summed E-state index contributed by atoms with van der Waals surface area (Å²) in [5, 5.41) is 0.923. The predicted octanol–water partition coefficient (Wildman–Crippen LogP) is 3.75. The van der Waals surface area contributed by atoms with Gasteiger partial charge < -0.3 is 9.15 Å². The molecule has 0 unspecified atom stereocenters. The maximum atomic E-state index is 13.5. The summed E-state index contributed by atoms with van der Waals surface area (Å²) in [5.74, 6) is -0.121. The Hall–Kier alpha value is -2.66. The lowest BCUT2D eigenvalue weighted by molar-refractivity contribution is 0.227. The highest BCUT2D eigenvalue weighted by atomic mass is 19.1. The van der Waals surface area contributed by atoms with Crippen LogP contribution >= 0.6 is 0 Å². The van der Waals surface area contributed by atoms with Gasteiger partial charge >= 0.3 is 5.63 Å². The van der Waals surface area contributed by atoms with Crippen molar-refractivity contribution in [3.8, 4) is 5.75 Å². The van der Waals surface area contributed by atoms with Gasteiger partial charge in [-0.1, -0.05) is 24.3 Å². The van der Waals surface area contributed by atoms with Crippen LogP contribution in [0.3, 0.4) is 0 Å². The van der Waals surface area contributed by atoms with Crippen molar-refractivity contribution in [3.63, 3.8) is 0 Å². The van der Waals surface area contributed by atoms with Crippen molar-refractivity contribution in [2.45, 2.75) is 13.5 Å². The molecule has 2 aromatic carbocycles. The Kier molecular flexibility index (Phi) is 5.14. The monoisotopic (exact) mass is 341 g/mol. The molecule has 0 aliphatic rings. The number of fused-ring (bicyclic) bond motifs is 1. The van der Waals surface area contributed by atoms with Crippen LogP contribution < -0.4 is 10.4 Å². The molecule has 0 spiro atoms. The molecule has 0 aliphatic heterocycles. The van der Waals surface area contributed by atoms with Crippen molar-refractivity contribution in [1.29, 1.82) is 0 Å². The van der Waals surface area contributed by atoms with Crippen molar-refractivity contribution < 1.29 is 13.5 Å². The van der Waals surface area contributed by atoms with Crippen LogP contribution in [0, 0.1) is 12.7 Å². The minimum atomic E-state index is -0.368. The number of benzene rings is 2. The second-order valence-corrected chi connectivity index (χ2v) is 6.11. The average Bonchev–Trinajstić information content (AvgIpc) is 2.56. The molecule has 0 atom stereocenters. The molecule has 0 amide bonds. The molecule has 0 aliphatic carbocycles. The van der Waals surface area contributed by atoms with Gasteiger partial charge in [-0.3, -0.25) is 4.90 Å². The quantitative estimate of drug-likeness (QED) is 0.641. The fraction of sp³-hybridized carbons (Fsp3) is 0.250. The van der Waals surface area contributed by atoms with Crippen LogP contribution in [0.5, 0.6) is 5.75 Å². The van der Waals surface area contributed by atoms with E-state index in [2.05, 4.69) is 0 Å². The lowest BCUT2D eigenvalue weighted by atomic mass is 10.1. The SMILES string of the molecule is Cc1ccc2c(CN(C)CCOc3ccccc3F)cc(=O)oc2c1. The van der Waals surface area contributed by atoms with Gasteiger partial charge in [-0.2, -0.15) is 0 Å². The third-order valence-corrected chi connectivity index (χ3v) is 3.99. The molecule has 4 nitrogen and oxygen atoms in total. The number of aryl methyl sites for hydroxylation is 1. The number of hydrogen-bond acceptors (Lipinski definition) is 4. The van der Waals surface area contributed by atoms with Crippen LogP contribution in [-0.2, 0) is 6.54 Å². The number of ether oxygens (including phenoxy) is 1. The summed E-state index contributed by atoms with van der Waals surface area (Å²) in [7, 11) is 1.93. The summed E-state index contributed by atoms with van der Waals surface area (Å²) in [4.78, 5) is 13.8. The molecular weight excluding hydrogens is 321 g/mol. The summed E-state index contributed by atoms with van der Waals surface area (Å²) in [6, 6.07) is 13.7. The lowest BCUT2D eigenvalue weighted by Crippen LogP contribution is -2.24. The van der Waals surface area contributed by atoms with Crippen LogP contribution in [0.1, 0.15) is 11.1 Å². The standard InChI is InChI=1S/C20H20FNO3/c1-14-7-8-16-15(12-20(23)25-19(16)11-14)13-22(2)9-10-24-18-6-4-3-5-17(18)21/h3-8,11-12H,9-10,13H2,1-2H3. The molecule has 25 heavy (non-hydrogen) atoms. The van der Waals surface area contributed by atoms with Gasteiger partial charge in [0.1, 0.15) is 12.2 Å². The molecule has 0 N–H and O–H groups in total. The normalized spacial score (nSPS) is 11.2. The zero-order valence-corrected chi connectivity index (χ0v) is 14.3. The van der Waals surface area contributed by atoms with Crippen LogP contribution in [0.15, 0.2) is 57.7 Å². The maximum absolute atomic E-state index is 13.5. The Bertz CT molecular complexity index is 936. The second kappa shape index (κ2) is 7.49. The van der Waals surface area contributed by atoms with E-state index in [1.54, 1.807) is 18.2 Å². The molecule has 3 aromatic rings. The van der Waals surface area contributed by atoms with Crippen molar-refractivity contribution in [2.24, 2.45) is 0 Å². The number of nitrogens with zero attached hydrogens (tertiary/aromatic N) is 1. The van der Waals surface area contributed by atoms with Gasteiger partial charge in [0.15, 0.2) is 11.6 Å². The van der Waals surface area contributed by atoms with Gasteiger partial charge in [-0.25, -0.2) is 9.18 Å². The molecule has 5 heteroatoms. The van der Waals surface area contributed by atoms with Gasteiger partial charge in [-0.15, -0.1) is 0 Å². The molecule has 0 radical (unpaired) electrons. The van der Waals surface area contributed by atoms with Gasteiger partial charge in [0.05, 0.1) is 0 Å². The first-order valence-electron chi connectivity index (χ1n) is 8.12. The molecular formula is C20H20FNO3. The number of likely N-dealkylation sites (N-methyl/N-ethyl adjacent to an activating group) is 1. The van der Waals surface area contributed by atoms with Crippen molar-refractivity contribution >= 4 is 11.0 Å². The fourth-order valence-electron chi connectivity index (χ4n) is 2.71. The van der Waals surface area contributed by atoms with Gasteiger partial charge in [0, 0.05) is 24.5 Å². The first kappa shape index (κ1) is 17.2. The Balaban J connectivity index is 1.67. The van der Waals surface area contributed by atoms with Gasteiger partial charge in [0.25, 0.3) is 0 Å². The average molecular weight is 341 g/mol. The van der Waals surface area contributed by atoms with E-state index in [9.17, 15) is 9.18 Å². The number of para-hydroxylation sites is 1. The first-order valence-corrected chi connectivity index (χ1v) is 8.12. The number of halogens is 1. The van der Waals surface area contributed by atoms with Crippen LogP contribution in [0.4, 0.5) is 4.39 Å². The molecule has 3 rings (SSSR count). The molecule has 0 bridgehead atoms. The zero-order chi connectivity index (χ0) is 17.8. The second-order valence-electron chi connectivity index (χ2n) is 6.11. The van der Waals surface area contributed by atoms with Crippen LogP contribution in [0.2, 0.25) is 0 Å². The van der Waals surface area contributed by atoms with Gasteiger partial charge in [0.2, 0.25) is 0 Å². The topological polar surface area (TPSA) is 42.7 Å². The van der Waals surface area contributed by atoms with E-state index in [4.69, 9.17) is 9.15 Å². The highest BCUT2D eigenvalue weighted by Gasteiger charge is 2.09. The zero-order valence-electron chi connectivity index (χ0n) is 14.3. The number of rotatable bonds is 6. The molecule has 0 saturated carbocycles. The smallest absolute Gasteiger partial charge is 0.336 e. The van der Waals surface area contributed by atoms with E-state index < -0.39 is 0 Å². The van der Waals surface area contributed by atoms with Crippen LogP contribution in [-0.4, -0.2) is 25.1 Å². The summed E-state index contributed by atoms with van der Waals surface area (Å²) in [6.07, 6.45) is 0. The molecule has 1 heterocycles. The predicted molar refractivity (Wildman–Crippen MR) is 95.5 cm³/mol. The van der Waals surface area contributed by atoms with E-state index in [0.29, 0.717) is 25.3 Å². The van der Waals surface area contributed by atoms with E-state index in [1.165, 1.54) is 12.1 Å². The third-order valence-electron chi connectivity index (χ3n) is 3.99. The van der Waals surface area contributed by atoms with Crippen molar-refractivity contribution in [2.75, 3.05) is 20.2 Å². The van der Waals surface area contributed by atoms with Gasteiger partial charge in [-0.05, 0) is 43.3 Å². The highest BCUT2D eigenvalue weighted by Crippen LogP contribution is 2.20. The molecule has 1 aromatic heterocycles. The maximum Gasteiger partial charge on any atom is 0.336 e. The highest BCUT2D eigenvalue weighted by molar-refractivity contribution is 5.80. The van der Waals surface area contributed by atoms with Crippen molar-refractivity contribution in [3.05, 3.63) is 75.9 Å². The Morgan fingerprint density at radius 3 is 2.76 bits per heavy atom. The van der Waals surface area contributed by atoms with Crippen LogP contribution in [0.25, 0.3) is 11.0 Å². The Morgan fingerprint density at radius 1 is 1.16 bits per heavy atom. The van der Waals surface area contributed by atoms with E-state index in [-0.39, 0.29) is 17.2 Å². The Morgan fingerprint density at radius 2 is 1.96 bits per heavy atom. The molecule has 130 valence electrons. The van der Waals surface area contributed by atoms with Crippen molar-refractivity contribution in [1.82, 2.24) is 4.90 Å². The lowest BCUT2D eigenvalue weighted by Gasteiger charge is -2.18. The molecule has 0 saturated heterocycles. The first-order chi connectivity index (χ1) is 12.0. The largest absolute Gasteiger partial charge is 0.489 e. The summed E-state index contributed by atoms with van der Waals surface area (Å²) < 4.78 is 24.3. The Labute approximate surface area is 145 Å².